The number of carboxylic acid groups (broad SMARTS) is 3. The first-order valence-electron chi connectivity index (χ1n) is 3.29. The van der Waals surface area contributed by atoms with Crippen LogP contribution in [0.5, 0.6) is 0 Å². The Labute approximate surface area is 130 Å². The molecule has 0 unspecified atom stereocenters. The molecule has 0 fully saturated rings. The van der Waals surface area contributed by atoms with Crippen molar-refractivity contribution in [2.75, 3.05) is 19.6 Å². The Morgan fingerprint density at radius 3 is 1.07 bits per heavy atom. The molecule has 3 N–H and O–H groups in total. The summed E-state index contributed by atoms with van der Waals surface area (Å²) in [6.07, 6.45) is 0. The molecule has 0 spiro atoms. The van der Waals surface area contributed by atoms with E-state index in [1.165, 1.54) is 0 Å². The summed E-state index contributed by atoms with van der Waals surface area (Å²) in [5.41, 5.74) is 0. The monoisotopic (exact) mass is 239 g/mol. The van der Waals surface area contributed by atoms with Crippen molar-refractivity contribution in [3.8, 4) is 0 Å². The van der Waals surface area contributed by atoms with Gasteiger partial charge in [0.05, 0.1) is 19.6 Å². The number of hydrogen-bond acceptors (Lipinski definition) is 4. The molecule has 7 nitrogen and oxygen atoms in total. The zero-order chi connectivity index (χ0) is 10.4. The molecule has 0 rings (SSSR count). The molecule has 0 aliphatic heterocycles. The van der Waals surface area contributed by atoms with Crippen LogP contribution in [0, 0.1) is 0 Å². The van der Waals surface area contributed by atoms with Crippen molar-refractivity contribution in [1.29, 1.82) is 0 Å². The average Bonchev–Trinajstić information content (AvgIpc) is 1.80. The van der Waals surface area contributed by atoms with Crippen LogP contribution in [-0.4, -0.2) is 117 Å². The molecule has 0 aliphatic carbocycles. The van der Waals surface area contributed by atoms with E-state index < -0.39 is 37.5 Å². The van der Waals surface area contributed by atoms with Gasteiger partial charge in [-0.1, -0.05) is 0 Å². The molecule has 0 radical (unpaired) electrons. The first-order chi connectivity index (χ1) is 5.91. The molecule has 0 aliphatic rings. The third kappa shape index (κ3) is 14.4. The van der Waals surface area contributed by atoms with Crippen molar-refractivity contribution in [2.45, 2.75) is 0 Å². The van der Waals surface area contributed by atoms with Crippen molar-refractivity contribution in [3.05, 3.63) is 0 Å². The summed E-state index contributed by atoms with van der Waals surface area (Å²) < 4.78 is 0. The maximum atomic E-state index is 10.1. The molecule has 0 saturated heterocycles. The van der Waals surface area contributed by atoms with Gasteiger partial charge in [-0.05, 0) is 0 Å². The second-order valence-corrected chi connectivity index (χ2v) is 2.33. The molecule has 0 bridgehead atoms. The summed E-state index contributed by atoms with van der Waals surface area (Å²) in [6.45, 7) is -1.80. The van der Waals surface area contributed by atoms with Gasteiger partial charge in [-0.3, -0.25) is 19.3 Å². The van der Waals surface area contributed by atoms with Crippen molar-refractivity contribution < 1.29 is 29.7 Å². The zero-order valence-electron chi connectivity index (χ0n) is 6.63. The van der Waals surface area contributed by atoms with Gasteiger partial charge in [0.25, 0.3) is 0 Å². The van der Waals surface area contributed by atoms with Gasteiger partial charge in [0.2, 0.25) is 0 Å². The van der Waals surface area contributed by atoms with E-state index in [1.54, 1.807) is 0 Å². The Kier molecular flexibility index (Phi) is 15.0. The van der Waals surface area contributed by atoms with Gasteiger partial charge in [-0.2, -0.15) is 0 Å². The Morgan fingerprint density at radius 1 is 0.733 bits per heavy atom. The van der Waals surface area contributed by atoms with Gasteiger partial charge in [0.15, 0.2) is 0 Å². The van der Waals surface area contributed by atoms with Crippen LogP contribution in [0.4, 0.5) is 0 Å². The van der Waals surface area contributed by atoms with Crippen LogP contribution in [0.15, 0.2) is 0 Å². The number of rotatable bonds is 6. The zero-order valence-corrected chi connectivity index (χ0v) is 6.63. The number of nitrogens with zero attached hydrogens (tertiary/aromatic N) is 1. The normalized spacial score (nSPS) is 8.60. The van der Waals surface area contributed by atoms with E-state index in [2.05, 4.69) is 0 Å². The number of carbonyl (C=O) groups is 3. The van der Waals surface area contributed by atoms with Crippen LogP contribution < -0.4 is 0 Å². The van der Waals surface area contributed by atoms with Crippen molar-refractivity contribution in [2.24, 2.45) is 0 Å². The minimum atomic E-state index is -1.26. The van der Waals surface area contributed by atoms with Crippen molar-refractivity contribution in [1.82, 2.24) is 4.90 Å². The fourth-order valence-electron chi connectivity index (χ4n) is 0.742. The Balaban J connectivity index is -0.000000720. The van der Waals surface area contributed by atoms with Crippen LogP contribution in [-0.2, 0) is 14.4 Å². The van der Waals surface area contributed by atoms with Crippen molar-refractivity contribution in [3.63, 3.8) is 0 Å². The SMILES string of the molecule is O=C(O)CN(CC(=O)O)CC(=O)O.[NaH].[NaH]. The molecule has 0 aromatic heterocycles. The fraction of sp³-hybridized carbons (Fsp3) is 0.500. The Morgan fingerprint density at radius 2 is 0.933 bits per heavy atom. The van der Waals surface area contributed by atoms with Crippen LogP contribution in [0.1, 0.15) is 0 Å². The molecule has 0 atom stereocenters. The molecule has 78 valence electrons. The Hall–Kier alpha value is 0.370. The summed E-state index contributed by atoms with van der Waals surface area (Å²) in [5.74, 6) is -3.78. The number of carboxylic acids is 3. The summed E-state index contributed by atoms with van der Waals surface area (Å²) in [5, 5.41) is 24.8. The van der Waals surface area contributed by atoms with Crippen LogP contribution >= 0.6 is 0 Å². The molecule has 0 aromatic carbocycles. The van der Waals surface area contributed by atoms with E-state index in [-0.39, 0.29) is 59.1 Å². The summed E-state index contributed by atoms with van der Waals surface area (Å²) in [6, 6.07) is 0. The number of aliphatic carboxylic acids is 3. The van der Waals surface area contributed by atoms with E-state index in [1.807, 2.05) is 0 Å². The molecule has 0 saturated carbocycles. The van der Waals surface area contributed by atoms with Gasteiger partial charge < -0.3 is 15.3 Å². The summed E-state index contributed by atoms with van der Waals surface area (Å²) in [4.78, 5) is 31.2. The van der Waals surface area contributed by atoms with E-state index in [9.17, 15) is 14.4 Å². The second-order valence-electron chi connectivity index (χ2n) is 2.33. The minimum absolute atomic E-state index is 0. The summed E-state index contributed by atoms with van der Waals surface area (Å²) in [7, 11) is 0. The van der Waals surface area contributed by atoms with Crippen LogP contribution in [0.3, 0.4) is 0 Å². The fourth-order valence-corrected chi connectivity index (χ4v) is 0.742. The molecular formula is C6H11NNa2O6. The molecule has 15 heavy (non-hydrogen) atoms. The topological polar surface area (TPSA) is 115 Å². The molecule has 0 heterocycles. The number of hydrogen-bond donors (Lipinski definition) is 3. The average molecular weight is 239 g/mol. The molecular weight excluding hydrogens is 228 g/mol. The van der Waals surface area contributed by atoms with Gasteiger partial charge in [-0.15, -0.1) is 0 Å². The van der Waals surface area contributed by atoms with Gasteiger partial charge >= 0.3 is 77.0 Å². The van der Waals surface area contributed by atoms with E-state index >= 15 is 0 Å². The van der Waals surface area contributed by atoms with E-state index in [0.717, 1.165) is 4.90 Å². The predicted octanol–water partition coefficient (Wildman–Crippen LogP) is -2.75. The van der Waals surface area contributed by atoms with Gasteiger partial charge in [0, 0.05) is 0 Å². The van der Waals surface area contributed by atoms with E-state index in [0.29, 0.717) is 0 Å². The first kappa shape index (κ1) is 20.7. The molecule has 9 heteroatoms. The first-order valence-corrected chi connectivity index (χ1v) is 3.29. The van der Waals surface area contributed by atoms with Crippen molar-refractivity contribution >= 4 is 77.0 Å². The molecule has 0 aromatic rings. The van der Waals surface area contributed by atoms with Crippen LogP contribution in [0.2, 0.25) is 0 Å². The standard InChI is InChI=1S/C6H9NO6.2Na.2H/c8-4(9)1-7(2-5(10)11)3-6(12)13;;;;/h1-3H2,(H,8,9)(H,10,11)(H,12,13);;;;. The molecule has 0 amide bonds. The van der Waals surface area contributed by atoms with Gasteiger partial charge in [-0.25, -0.2) is 0 Å². The Bertz CT molecular complexity index is 196. The third-order valence-corrected chi connectivity index (χ3v) is 1.08. The third-order valence-electron chi connectivity index (χ3n) is 1.08. The maximum absolute atomic E-state index is 10.1. The predicted molar refractivity (Wildman–Crippen MR) is 53.6 cm³/mol. The van der Waals surface area contributed by atoms with Gasteiger partial charge in [0.1, 0.15) is 0 Å². The second kappa shape index (κ2) is 10.9. The van der Waals surface area contributed by atoms with Crippen LogP contribution in [0.25, 0.3) is 0 Å². The van der Waals surface area contributed by atoms with E-state index in [4.69, 9.17) is 15.3 Å². The summed E-state index contributed by atoms with van der Waals surface area (Å²) >= 11 is 0. The quantitative estimate of drug-likeness (QED) is 0.430.